The molecule has 2 aromatic rings. The quantitative estimate of drug-likeness (QED) is 0.538. The average Bonchev–Trinajstić information content (AvgIpc) is 2.37. The molecule has 2 rings (SSSR count). The zero-order valence-electron chi connectivity index (χ0n) is 9.51. The molecule has 0 atom stereocenters. The van der Waals surface area contributed by atoms with Gasteiger partial charge in [0, 0.05) is 5.69 Å². The number of nitrogens with two attached hydrogens (primary N) is 1. The highest BCUT2D eigenvalue weighted by molar-refractivity contribution is 5.40. The summed E-state index contributed by atoms with van der Waals surface area (Å²) in [7, 11) is 0. The summed E-state index contributed by atoms with van der Waals surface area (Å²) in [6.45, 7) is 2.56. The van der Waals surface area contributed by atoms with E-state index in [0.29, 0.717) is 18.2 Å². The molecule has 0 aromatic carbocycles. The first-order valence-electron chi connectivity index (χ1n) is 5.23. The number of hydrogen-bond donors (Lipinski definition) is 3. The van der Waals surface area contributed by atoms with E-state index in [9.17, 15) is 0 Å². The Morgan fingerprint density at radius 2 is 2.00 bits per heavy atom. The number of nitrogen functional groups attached to an aromatic ring is 1. The lowest BCUT2D eigenvalue weighted by Gasteiger charge is -2.06. The molecule has 0 aliphatic rings. The molecule has 0 amide bonds. The summed E-state index contributed by atoms with van der Waals surface area (Å²) in [5.74, 6) is 6.43. The number of pyridine rings is 1. The summed E-state index contributed by atoms with van der Waals surface area (Å²) in [5.41, 5.74) is 4.40. The second kappa shape index (κ2) is 5.22. The zero-order chi connectivity index (χ0) is 12.1. The fraction of sp³-hybridized carbons (Fsp3) is 0.182. The molecule has 0 aliphatic heterocycles. The number of rotatable bonds is 4. The maximum atomic E-state index is 5.25. The van der Waals surface area contributed by atoms with Gasteiger partial charge in [0.05, 0.1) is 24.6 Å². The van der Waals surface area contributed by atoms with Crippen LogP contribution >= 0.6 is 0 Å². The van der Waals surface area contributed by atoms with Gasteiger partial charge in [0.25, 0.3) is 0 Å². The third-order valence-corrected chi connectivity index (χ3v) is 2.18. The highest BCUT2D eigenvalue weighted by Crippen LogP contribution is 2.07. The summed E-state index contributed by atoms with van der Waals surface area (Å²) in [6, 6.07) is 5.89. The lowest BCUT2D eigenvalue weighted by Crippen LogP contribution is -2.10. The topological polar surface area (TPSA) is 88.8 Å². The van der Waals surface area contributed by atoms with E-state index in [-0.39, 0.29) is 0 Å². The van der Waals surface area contributed by atoms with Crippen molar-refractivity contribution in [1.82, 2.24) is 15.0 Å². The van der Waals surface area contributed by atoms with Crippen LogP contribution in [0.25, 0.3) is 0 Å². The summed E-state index contributed by atoms with van der Waals surface area (Å²) < 4.78 is 0. The predicted molar refractivity (Wildman–Crippen MR) is 66.1 cm³/mol. The van der Waals surface area contributed by atoms with E-state index >= 15 is 0 Å². The third-order valence-electron chi connectivity index (χ3n) is 2.18. The summed E-state index contributed by atoms with van der Waals surface area (Å²) in [6.07, 6.45) is 3.19. The van der Waals surface area contributed by atoms with Gasteiger partial charge in [0.15, 0.2) is 5.82 Å². The molecule has 0 saturated heterocycles. The minimum atomic E-state index is 0.521. The number of hydrogen-bond acceptors (Lipinski definition) is 6. The van der Waals surface area contributed by atoms with Crippen LogP contribution in [0.15, 0.2) is 30.6 Å². The maximum Gasteiger partial charge on any atom is 0.160 e. The van der Waals surface area contributed by atoms with Gasteiger partial charge in [-0.2, -0.15) is 0 Å². The highest BCUT2D eigenvalue weighted by atomic mass is 15.3. The van der Waals surface area contributed by atoms with E-state index in [1.807, 2.05) is 25.1 Å². The Kier molecular flexibility index (Phi) is 3.46. The lowest BCUT2D eigenvalue weighted by atomic mass is 10.3. The Morgan fingerprint density at radius 3 is 2.76 bits per heavy atom. The number of nitrogens with one attached hydrogen (secondary N) is 2. The van der Waals surface area contributed by atoms with Gasteiger partial charge < -0.3 is 10.7 Å². The van der Waals surface area contributed by atoms with Crippen molar-refractivity contribution < 1.29 is 0 Å². The molecule has 17 heavy (non-hydrogen) atoms. The molecule has 0 spiro atoms. The smallest absolute Gasteiger partial charge is 0.160 e. The Morgan fingerprint density at radius 1 is 1.18 bits per heavy atom. The van der Waals surface area contributed by atoms with Crippen molar-refractivity contribution in [1.29, 1.82) is 0 Å². The van der Waals surface area contributed by atoms with Gasteiger partial charge in [0.2, 0.25) is 0 Å². The minimum Gasteiger partial charge on any atom is -0.363 e. The van der Waals surface area contributed by atoms with Crippen molar-refractivity contribution in [2.24, 2.45) is 5.84 Å². The first-order valence-corrected chi connectivity index (χ1v) is 5.23. The first-order chi connectivity index (χ1) is 8.28. The Bertz CT molecular complexity index is 499. The van der Waals surface area contributed by atoms with Gasteiger partial charge in [-0.3, -0.25) is 9.97 Å². The highest BCUT2D eigenvalue weighted by Gasteiger charge is 1.98. The van der Waals surface area contributed by atoms with Crippen LogP contribution in [0.1, 0.15) is 11.4 Å². The molecule has 4 N–H and O–H groups in total. The molecule has 6 nitrogen and oxygen atoms in total. The zero-order valence-corrected chi connectivity index (χ0v) is 9.51. The van der Waals surface area contributed by atoms with Crippen molar-refractivity contribution >= 4 is 11.6 Å². The predicted octanol–water partition coefficient (Wildman–Crippen LogP) is 1.08. The van der Waals surface area contributed by atoms with Crippen molar-refractivity contribution in [3.8, 4) is 0 Å². The molecule has 0 saturated carbocycles. The third kappa shape index (κ3) is 3.12. The summed E-state index contributed by atoms with van der Waals surface area (Å²) in [4.78, 5) is 12.6. The van der Waals surface area contributed by atoms with E-state index in [0.717, 1.165) is 11.4 Å². The minimum absolute atomic E-state index is 0.521. The Labute approximate surface area is 99.3 Å². The van der Waals surface area contributed by atoms with E-state index in [4.69, 9.17) is 5.84 Å². The molecule has 0 bridgehead atoms. The molecule has 88 valence electrons. The molecule has 0 aliphatic carbocycles. The van der Waals surface area contributed by atoms with Crippen LogP contribution in [0.4, 0.5) is 11.6 Å². The van der Waals surface area contributed by atoms with Crippen LogP contribution in [-0.4, -0.2) is 15.0 Å². The SMILES string of the molecule is Cc1cccc(CNc2cncc(NN)n2)n1. The van der Waals surface area contributed by atoms with Crippen molar-refractivity contribution in [2.45, 2.75) is 13.5 Å². The molecule has 0 radical (unpaired) electrons. The first kappa shape index (κ1) is 11.3. The van der Waals surface area contributed by atoms with Gasteiger partial charge in [-0.15, -0.1) is 0 Å². The van der Waals surface area contributed by atoms with Gasteiger partial charge in [-0.05, 0) is 19.1 Å². The summed E-state index contributed by atoms with van der Waals surface area (Å²) >= 11 is 0. The van der Waals surface area contributed by atoms with Gasteiger partial charge >= 0.3 is 0 Å². The Hall–Kier alpha value is -2.21. The van der Waals surface area contributed by atoms with Crippen LogP contribution in [0.3, 0.4) is 0 Å². The molecule has 2 heterocycles. The fourth-order valence-corrected chi connectivity index (χ4v) is 1.40. The normalized spacial score (nSPS) is 10.0. The average molecular weight is 230 g/mol. The van der Waals surface area contributed by atoms with E-state index in [1.165, 1.54) is 0 Å². The van der Waals surface area contributed by atoms with Crippen LogP contribution in [0.5, 0.6) is 0 Å². The van der Waals surface area contributed by atoms with Crippen molar-refractivity contribution in [2.75, 3.05) is 10.7 Å². The number of aryl methyl sites for hydroxylation is 1. The summed E-state index contributed by atoms with van der Waals surface area (Å²) in [5, 5.41) is 3.13. The lowest BCUT2D eigenvalue weighted by molar-refractivity contribution is 0.997. The van der Waals surface area contributed by atoms with E-state index in [1.54, 1.807) is 12.4 Å². The van der Waals surface area contributed by atoms with Crippen LogP contribution in [-0.2, 0) is 6.54 Å². The fourth-order valence-electron chi connectivity index (χ4n) is 1.40. The van der Waals surface area contributed by atoms with Crippen LogP contribution < -0.4 is 16.6 Å². The van der Waals surface area contributed by atoms with Gasteiger partial charge in [-0.1, -0.05) is 6.07 Å². The van der Waals surface area contributed by atoms with Crippen molar-refractivity contribution in [3.63, 3.8) is 0 Å². The Balaban J connectivity index is 2.02. The molecule has 2 aromatic heterocycles. The second-order valence-corrected chi connectivity index (χ2v) is 3.56. The van der Waals surface area contributed by atoms with Crippen molar-refractivity contribution in [3.05, 3.63) is 42.0 Å². The second-order valence-electron chi connectivity index (χ2n) is 3.56. The van der Waals surface area contributed by atoms with Crippen LogP contribution in [0.2, 0.25) is 0 Å². The maximum absolute atomic E-state index is 5.25. The van der Waals surface area contributed by atoms with Gasteiger partial charge in [0.1, 0.15) is 5.82 Å². The number of nitrogens with zero attached hydrogens (tertiary/aromatic N) is 3. The van der Waals surface area contributed by atoms with Crippen LogP contribution in [0, 0.1) is 6.92 Å². The largest absolute Gasteiger partial charge is 0.363 e. The number of hydrazine groups is 1. The van der Waals surface area contributed by atoms with E-state index < -0.39 is 0 Å². The molecular formula is C11H14N6. The standard InChI is InChI=1S/C11H14N6/c1-8-3-2-4-9(15-8)5-14-10-6-13-7-11(16-10)17-12/h2-4,6-7H,5,12H2,1H3,(H2,14,16,17). The number of aromatic nitrogens is 3. The molecule has 0 unspecified atom stereocenters. The molecule has 0 fully saturated rings. The molecule has 6 heteroatoms. The van der Waals surface area contributed by atoms with Gasteiger partial charge in [-0.25, -0.2) is 10.8 Å². The number of anilines is 2. The molecular weight excluding hydrogens is 216 g/mol. The van der Waals surface area contributed by atoms with E-state index in [2.05, 4.69) is 25.7 Å². The monoisotopic (exact) mass is 230 g/mol.